The van der Waals surface area contributed by atoms with Gasteiger partial charge in [0.05, 0.1) is 0 Å². The van der Waals surface area contributed by atoms with E-state index in [-0.39, 0.29) is 0 Å². The van der Waals surface area contributed by atoms with E-state index in [9.17, 15) is 9.13 Å². The molecule has 0 N–H and O–H groups in total. The molecule has 0 spiro atoms. The summed E-state index contributed by atoms with van der Waals surface area (Å²) in [6.45, 7) is 1.49. The molecule has 0 amide bonds. The van der Waals surface area contributed by atoms with Crippen molar-refractivity contribution in [1.82, 2.24) is 0 Å². The van der Waals surface area contributed by atoms with Gasteiger partial charge in [-0.25, -0.2) is 0 Å². The van der Waals surface area contributed by atoms with Gasteiger partial charge >= 0.3 is 16.5 Å². The van der Waals surface area contributed by atoms with Crippen LogP contribution in [0.3, 0.4) is 0 Å². The highest BCUT2D eigenvalue weighted by molar-refractivity contribution is 7.48. The zero-order valence-corrected chi connectivity index (χ0v) is 6.30. The predicted molar refractivity (Wildman–Crippen MR) is 27.9 cm³/mol. The van der Waals surface area contributed by atoms with Gasteiger partial charge in [-0.15, -0.1) is 0 Å². The van der Waals surface area contributed by atoms with Crippen LogP contribution >= 0.6 is 16.5 Å². The van der Waals surface area contributed by atoms with Crippen molar-refractivity contribution < 1.29 is 22.5 Å². The first-order valence-corrected chi connectivity index (χ1v) is 4.34. The van der Waals surface area contributed by atoms with Gasteiger partial charge in [0, 0.05) is 9.13 Å². The molecule has 0 bridgehead atoms. The Morgan fingerprint density at radius 1 is 1.22 bits per heavy atom. The van der Waals surface area contributed by atoms with Crippen molar-refractivity contribution >= 4 is 16.5 Å². The first-order chi connectivity index (χ1) is 4.18. The highest BCUT2D eigenvalue weighted by Gasteiger charge is 2.50. The van der Waals surface area contributed by atoms with Crippen LogP contribution in [0.1, 0.15) is 6.92 Å². The zero-order valence-electron chi connectivity index (χ0n) is 4.51. The van der Waals surface area contributed by atoms with Gasteiger partial charge in [0.1, 0.15) is 0 Å². The molecule has 0 aromatic carbocycles. The Bertz CT molecular complexity index is 139. The minimum absolute atomic E-state index is 0.703. The summed E-state index contributed by atoms with van der Waals surface area (Å²) in [5, 5.41) is 0. The first kappa shape index (κ1) is 7.19. The Labute approximate surface area is 53.2 Å². The Hall–Kier alpha value is 0.0800. The van der Waals surface area contributed by atoms with E-state index in [0.717, 1.165) is 0 Å². The highest BCUT2D eigenvalue weighted by Crippen LogP contribution is 2.46. The summed E-state index contributed by atoms with van der Waals surface area (Å²) in [5.41, 5.74) is 0. The normalized spacial score (nSPS) is 36.8. The second-order valence-electron chi connectivity index (χ2n) is 1.31. The van der Waals surface area contributed by atoms with Crippen LogP contribution in [-0.2, 0) is 22.5 Å². The minimum atomic E-state index is -2.23. The van der Waals surface area contributed by atoms with Crippen LogP contribution in [-0.4, -0.2) is 6.29 Å². The van der Waals surface area contributed by atoms with E-state index in [0.29, 0.717) is 0 Å². The molecule has 1 aliphatic rings. The lowest BCUT2D eigenvalue weighted by molar-refractivity contribution is 0.000116. The molecule has 1 rings (SSSR count). The standard InChI is InChI=1S/C2H4O5P2/c1-2-5-8(3)7-9(4)6-2/h2H,1H3/q+2. The summed E-state index contributed by atoms with van der Waals surface area (Å²) < 4.78 is 33.7. The van der Waals surface area contributed by atoms with E-state index in [1.54, 1.807) is 0 Å². The molecule has 50 valence electrons. The van der Waals surface area contributed by atoms with E-state index in [1.165, 1.54) is 6.92 Å². The molecule has 1 saturated heterocycles. The van der Waals surface area contributed by atoms with Crippen molar-refractivity contribution in [2.24, 2.45) is 0 Å². The van der Waals surface area contributed by atoms with E-state index in [2.05, 4.69) is 13.4 Å². The lowest BCUT2D eigenvalue weighted by Crippen LogP contribution is -2.07. The lowest BCUT2D eigenvalue weighted by atomic mass is 10.8. The Kier molecular flexibility index (Phi) is 2.22. The van der Waals surface area contributed by atoms with Gasteiger partial charge in [0.2, 0.25) is 0 Å². The summed E-state index contributed by atoms with van der Waals surface area (Å²) in [6.07, 6.45) is -0.703. The smallest absolute Gasteiger partial charge is 0.0792 e. The third kappa shape index (κ3) is 2.05. The highest BCUT2D eigenvalue weighted by atomic mass is 31.2. The van der Waals surface area contributed by atoms with E-state index >= 15 is 0 Å². The van der Waals surface area contributed by atoms with Gasteiger partial charge in [0.25, 0.3) is 6.29 Å². The molecule has 0 aliphatic carbocycles. The second kappa shape index (κ2) is 2.78. The van der Waals surface area contributed by atoms with Crippen LogP contribution in [0.15, 0.2) is 0 Å². The quantitative estimate of drug-likeness (QED) is 0.517. The van der Waals surface area contributed by atoms with Crippen LogP contribution < -0.4 is 0 Å². The van der Waals surface area contributed by atoms with Crippen LogP contribution in [0.2, 0.25) is 0 Å². The molecule has 1 fully saturated rings. The predicted octanol–water partition coefficient (Wildman–Crippen LogP) is 1.71. The summed E-state index contributed by atoms with van der Waals surface area (Å²) in [7, 11) is -4.46. The Morgan fingerprint density at radius 3 is 2.00 bits per heavy atom. The number of hydrogen-bond acceptors (Lipinski definition) is 5. The van der Waals surface area contributed by atoms with Crippen molar-refractivity contribution in [2.45, 2.75) is 13.2 Å². The molecule has 7 heteroatoms. The van der Waals surface area contributed by atoms with Crippen molar-refractivity contribution in [1.29, 1.82) is 0 Å². The molecule has 1 heterocycles. The largest absolute Gasteiger partial charge is 0.750 e. The molecular formula is C2H4O5P2+2. The first-order valence-electron chi connectivity index (χ1n) is 2.14. The maximum Gasteiger partial charge on any atom is 0.750 e. The monoisotopic (exact) mass is 170 g/mol. The molecule has 5 nitrogen and oxygen atoms in total. The molecule has 1 aliphatic heterocycles. The van der Waals surface area contributed by atoms with E-state index < -0.39 is 22.8 Å². The molecule has 2 unspecified atom stereocenters. The third-order valence-corrected chi connectivity index (χ3v) is 2.61. The topological polar surface area (TPSA) is 61.8 Å². The third-order valence-electron chi connectivity index (χ3n) is 0.602. The molecule has 0 aromatic heterocycles. The van der Waals surface area contributed by atoms with E-state index in [4.69, 9.17) is 0 Å². The van der Waals surface area contributed by atoms with Crippen molar-refractivity contribution in [3.05, 3.63) is 0 Å². The maximum absolute atomic E-state index is 10.3. The molecule has 2 atom stereocenters. The van der Waals surface area contributed by atoms with Gasteiger partial charge in [-0.2, -0.15) is 0 Å². The van der Waals surface area contributed by atoms with Gasteiger partial charge in [-0.1, -0.05) is 9.05 Å². The van der Waals surface area contributed by atoms with Gasteiger partial charge < -0.3 is 0 Å². The molecule has 0 saturated carbocycles. The number of hydrogen-bond donors (Lipinski definition) is 0. The van der Waals surface area contributed by atoms with E-state index in [1.807, 2.05) is 0 Å². The van der Waals surface area contributed by atoms with Crippen LogP contribution in [0.25, 0.3) is 0 Å². The Balaban J connectivity index is 2.53. The van der Waals surface area contributed by atoms with Crippen LogP contribution in [0.4, 0.5) is 0 Å². The summed E-state index contributed by atoms with van der Waals surface area (Å²) in [5.74, 6) is 0. The average Bonchev–Trinajstić information content (AvgIpc) is 1.59. The van der Waals surface area contributed by atoms with Gasteiger partial charge in [-0.05, 0) is 6.92 Å². The summed E-state index contributed by atoms with van der Waals surface area (Å²) >= 11 is 0. The Morgan fingerprint density at radius 2 is 1.67 bits per heavy atom. The molecule has 9 heavy (non-hydrogen) atoms. The fourth-order valence-corrected chi connectivity index (χ4v) is 1.74. The molecule has 0 radical (unpaired) electrons. The summed E-state index contributed by atoms with van der Waals surface area (Å²) in [6, 6.07) is 0. The van der Waals surface area contributed by atoms with Gasteiger partial charge in [-0.3, -0.25) is 0 Å². The molecule has 0 aromatic rings. The zero-order chi connectivity index (χ0) is 6.85. The lowest BCUT2D eigenvalue weighted by Gasteiger charge is -1.94. The van der Waals surface area contributed by atoms with Crippen molar-refractivity contribution in [2.75, 3.05) is 0 Å². The molecular weight excluding hydrogens is 166 g/mol. The van der Waals surface area contributed by atoms with Crippen LogP contribution in [0.5, 0.6) is 0 Å². The second-order valence-corrected chi connectivity index (χ2v) is 3.28. The SMILES string of the molecule is CC1O[P+](=O)O[P+](=O)O1. The maximum atomic E-state index is 10.3. The van der Waals surface area contributed by atoms with Crippen LogP contribution in [0, 0.1) is 0 Å². The fourth-order valence-electron chi connectivity index (χ4n) is 0.355. The minimum Gasteiger partial charge on any atom is -0.0792 e. The number of rotatable bonds is 0. The summed E-state index contributed by atoms with van der Waals surface area (Å²) in [4.78, 5) is 0. The van der Waals surface area contributed by atoms with Gasteiger partial charge in [0.15, 0.2) is 4.31 Å². The van der Waals surface area contributed by atoms with Crippen molar-refractivity contribution in [3.8, 4) is 0 Å². The fraction of sp³-hybridized carbons (Fsp3) is 1.00. The van der Waals surface area contributed by atoms with Crippen molar-refractivity contribution in [3.63, 3.8) is 0 Å². The average molecular weight is 170 g/mol.